The molecular formula is C25H28N2O3. The lowest BCUT2D eigenvalue weighted by Gasteiger charge is -2.11. The smallest absolute Gasteiger partial charge is 0.243 e. The molecule has 0 saturated heterocycles. The van der Waals surface area contributed by atoms with Gasteiger partial charge in [0.1, 0.15) is 18.1 Å². The van der Waals surface area contributed by atoms with Gasteiger partial charge in [-0.05, 0) is 48.4 Å². The second kappa shape index (κ2) is 11.5. The van der Waals surface area contributed by atoms with E-state index in [1.54, 1.807) is 0 Å². The number of amides is 1. The molecule has 0 aliphatic carbocycles. The van der Waals surface area contributed by atoms with E-state index in [0.29, 0.717) is 13.2 Å². The second-order valence-corrected chi connectivity index (χ2v) is 6.93. The lowest BCUT2D eigenvalue weighted by molar-refractivity contribution is -0.114. The van der Waals surface area contributed by atoms with Crippen molar-refractivity contribution in [3.05, 3.63) is 84.4 Å². The molecule has 0 bridgehead atoms. The molecule has 2 N–H and O–H groups in total. The first-order valence-corrected chi connectivity index (χ1v) is 10.3. The van der Waals surface area contributed by atoms with E-state index in [1.807, 2.05) is 78.9 Å². The number of hydrogen-bond acceptors (Lipinski definition) is 4. The Hall–Kier alpha value is -3.47. The summed E-state index contributed by atoms with van der Waals surface area (Å²) in [5, 5.41) is 6.01. The Balaban J connectivity index is 1.42. The highest BCUT2D eigenvalue weighted by Gasteiger charge is 2.04. The molecule has 156 valence electrons. The number of unbranched alkanes of at least 4 members (excludes halogenated alkanes) is 1. The third kappa shape index (κ3) is 7.17. The van der Waals surface area contributed by atoms with Gasteiger partial charge in [-0.1, -0.05) is 49.7 Å². The maximum absolute atomic E-state index is 12.2. The molecule has 0 heterocycles. The van der Waals surface area contributed by atoms with Crippen LogP contribution in [-0.4, -0.2) is 19.1 Å². The van der Waals surface area contributed by atoms with Crippen LogP contribution in [-0.2, 0) is 11.4 Å². The fourth-order valence-corrected chi connectivity index (χ4v) is 2.80. The number of anilines is 2. The van der Waals surface area contributed by atoms with Gasteiger partial charge in [-0.25, -0.2) is 0 Å². The predicted octanol–water partition coefficient (Wildman–Crippen LogP) is 5.50. The van der Waals surface area contributed by atoms with Crippen molar-refractivity contribution in [2.75, 3.05) is 23.8 Å². The van der Waals surface area contributed by atoms with Crippen molar-refractivity contribution in [2.45, 2.75) is 26.4 Å². The van der Waals surface area contributed by atoms with E-state index in [2.05, 4.69) is 17.6 Å². The maximum Gasteiger partial charge on any atom is 0.243 e. The molecule has 3 aromatic rings. The van der Waals surface area contributed by atoms with Gasteiger partial charge in [0, 0.05) is 17.4 Å². The van der Waals surface area contributed by atoms with Crippen molar-refractivity contribution in [1.82, 2.24) is 0 Å². The summed E-state index contributed by atoms with van der Waals surface area (Å²) in [6, 6.07) is 25.1. The fourth-order valence-electron chi connectivity index (χ4n) is 2.80. The zero-order valence-corrected chi connectivity index (χ0v) is 17.3. The van der Waals surface area contributed by atoms with E-state index in [9.17, 15) is 4.79 Å². The van der Waals surface area contributed by atoms with Crippen molar-refractivity contribution in [1.29, 1.82) is 0 Å². The van der Waals surface area contributed by atoms with Crippen LogP contribution in [0.15, 0.2) is 78.9 Å². The molecule has 1 amide bonds. The highest BCUT2D eigenvalue weighted by atomic mass is 16.5. The van der Waals surface area contributed by atoms with Crippen LogP contribution in [0, 0.1) is 0 Å². The Bertz CT molecular complexity index is 911. The molecule has 0 aliphatic rings. The normalized spacial score (nSPS) is 10.3. The average Bonchev–Trinajstić information content (AvgIpc) is 2.78. The van der Waals surface area contributed by atoms with E-state index in [1.165, 1.54) is 0 Å². The molecule has 5 nitrogen and oxygen atoms in total. The zero-order chi connectivity index (χ0) is 21.0. The van der Waals surface area contributed by atoms with Crippen LogP contribution in [0.3, 0.4) is 0 Å². The van der Waals surface area contributed by atoms with Crippen LogP contribution in [0.4, 0.5) is 11.4 Å². The Kier molecular flexibility index (Phi) is 8.15. The summed E-state index contributed by atoms with van der Waals surface area (Å²) in [4.78, 5) is 12.2. The van der Waals surface area contributed by atoms with E-state index in [4.69, 9.17) is 9.47 Å². The molecule has 0 atom stereocenters. The summed E-state index contributed by atoms with van der Waals surface area (Å²) >= 11 is 0. The summed E-state index contributed by atoms with van der Waals surface area (Å²) in [6.45, 7) is 3.50. The predicted molar refractivity (Wildman–Crippen MR) is 121 cm³/mol. The van der Waals surface area contributed by atoms with Gasteiger partial charge in [-0.3, -0.25) is 4.79 Å². The van der Waals surface area contributed by atoms with Crippen LogP contribution >= 0.6 is 0 Å². The molecule has 0 unspecified atom stereocenters. The zero-order valence-electron chi connectivity index (χ0n) is 17.3. The van der Waals surface area contributed by atoms with Crippen LogP contribution in [0.2, 0.25) is 0 Å². The Morgan fingerprint density at radius 3 is 2.40 bits per heavy atom. The fraction of sp³-hybridized carbons (Fsp3) is 0.240. The van der Waals surface area contributed by atoms with Crippen LogP contribution in [0.5, 0.6) is 11.5 Å². The summed E-state index contributed by atoms with van der Waals surface area (Å²) < 4.78 is 11.5. The minimum absolute atomic E-state index is 0.120. The second-order valence-electron chi connectivity index (χ2n) is 6.93. The first-order valence-electron chi connectivity index (χ1n) is 10.3. The summed E-state index contributed by atoms with van der Waals surface area (Å²) in [5.41, 5.74) is 2.70. The molecular weight excluding hydrogens is 376 g/mol. The summed E-state index contributed by atoms with van der Waals surface area (Å²) in [6.07, 6.45) is 2.10. The standard InChI is InChI=1S/C25H28N2O3/c1-2-3-16-29-24-11-7-10-22(17-24)27-25(28)18-26-21-12-14-23(15-13-21)30-19-20-8-5-4-6-9-20/h4-15,17,26H,2-3,16,18-19H2,1H3,(H,27,28). The lowest BCUT2D eigenvalue weighted by atomic mass is 10.2. The molecule has 30 heavy (non-hydrogen) atoms. The number of nitrogens with one attached hydrogen (secondary N) is 2. The molecule has 0 saturated carbocycles. The van der Waals surface area contributed by atoms with Gasteiger partial charge in [0.05, 0.1) is 13.2 Å². The van der Waals surface area contributed by atoms with Crippen molar-refractivity contribution >= 4 is 17.3 Å². The Morgan fingerprint density at radius 2 is 1.63 bits per heavy atom. The largest absolute Gasteiger partial charge is 0.494 e. The monoisotopic (exact) mass is 404 g/mol. The highest BCUT2D eigenvalue weighted by Crippen LogP contribution is 2.19. The Morgan fingerprint density at radius 1 is 0.833 bits per heavy atom. The minimum atomic E-state index is -0.120. The topological polar surface area (TPSA) is 59.6 Å². The molecule has 0 fully saturated rings. The Labute approximate surface area is 178 Å². The van der Waals surface area contributed by atoms with E-state index in [0.717, 1.165) is 41.3 Å². The number of ether oxygens (including phenoxy) is 2. The molecule has 0 radical (unpaired) electrons. The van der Waals surface area contributed by atoms with Gasteiger partial charge in [-0.15, -0.1) is 0 Å². The SMILES string of the molecule is CCCCOc1cccc(NC(=O)CNc2ccc(OCc3ccccc3)cc2)c1. The molecule has 0 spiro atoms. The van der Waals surface area contributed by atoms with E-state index in [-0.39, 0.29) is 12.5 Å². The van der Waals surface area contributed by atoms with Gasteiger partial charge in [0.25, 0.3) is 0 Å². The third-order valence-corrected chi connectivity index (χ3v) is 4.44. The van der Waals surface area contributed by atoms with Gasteiger partial charge in [0.2, 0.25) is 5.91 Å². The van der Waals surface area contributed by atoms with E-state index < -0.39 is 0 Å². The van der Waals surface area contributed by atoms with Gasteiger partial charge in [0.15, 0.2) is 0 Å². The van der Waals surface area contributed by atoms with Gasteiger partial charge < -0.3 is 20.1 Å². The number of benzene rings is 3. The molecule has 0 aliphatic heterocycles. The molecule has 3 aromatic carbocycles. The molecule has 5 heteroatoms. The van der Waals surface area contributed by atoms with Gasteiger partial charge in [-0.2, -0.15) is 0 Å². The maximum atomic E-state index is 12.2. The van der Waals surface area contributed by atoms with Crippen LogP contribution in [0.25, 0.3) is 0 Å². The van der Waals surface area contributed by atoms with Crippen LogP contribution < -0.4 is 20.1 Å². The van der Waals surface area contributed by atoms with Crippen LogP contribution in [0.1, 0.15) is 25.3 Å². The minimum Gasteiger partial charge on any atom is -0.494 e. The first kappa shape index (κ1) is 21.2. The molecule has 0 aromatic heterocycles. The van der Waals surface area contributed by atoms with Gasteiger partial charge >= 0.3 is 0 Å². The number of carbonyl (C=O) groups excluding carboxylic acids is 1. The van der Waals surface area contributed by atoms with Crippen molar-refractivity contribution < 1.29 is 14.3 Å². The number of rotatable bonds is 11. The van der Waals surface area contributed by atoms with Crippen molar-refractivity contribution in [3.63, 3.8) is 0 Å². The molecule has 3 rings (SSSR count). The summed E-state index contributed by atoms with van der Waals surface area (Å²) in [7, 11) is 0. The van der Waals surface area contributed by atoms with E-state index >= 15 is 0 Å². The number of carbonyl (C=O) groups is 1. The highest BCUT2D eigenvalue weighted by molar-refractivity contribution is 5.93. The van der Waals surface area contributed by atoms with Crippen molar-refractivity contribution in [2.24, 2.45) is 0 Å². The lowest BCUT2D eigenvalue weighted by Crippen LogP contribution is -2.21. The first-order chi connectivity index (χ1) is 14.7. The quantitative estimate of drug-likeness (QED) is 0.415. The summed E-state index contributed by atoms with van der Waals surface area (Å²) in [5.74, 6) is 1.43. The average molecular weight is 405 g/mol. The third-order valence-electron chi connectivity index (χ3n) is 4.44. The number of hydrogen-bond donors (Lipinski definition) is 2. The van der Waals surface area contributed by atoms with Crippen molar-refractivity contribution in [3.8, 4) is 11.5 Å².